The van der Waals surface area contributed by atoms with Gasteiger partial charge < -0.3 is 24.5 Å². The van der Waals surface area contributed by atoms with Crippen LogP contribution in [0.5, 0.6) is 5.75 Å². The number of rotatable bonds is 6. The molecule has 0 unspecified atom stereocenters. The lowest BCUT2D eigenvalue weighted by Crippen LogP contribution is -2.29. The molecule has 5 heteroatoms. The Hall–Kier alpha value is -2.04. The lowest BCUT2D eigenvalue weighted by atomic mass is 9.92. The summed E-state index contributed by atoms with van der Waals surface area (Å²) in [5, 5.41) is 21.1. The smallest absolute Gasteiger partial charge is 0.118 e. The molecule has 1 aromatic rings. The van der Waals surface area contributed by atoms with Gasteiger partial charge in [-0.3, -0.25) is 0 Å². The molecule has 0 saturated carbocycles. The Morgan fingerprint density at radius 3 is 1.94 bits per heavy atom. The standard InChI is InChI=1S/C12H14O5/c1-17-10-4-2-8(3-5-10)9(6-11(13)14)7-12(15)16/h2-5,9H,6-7H2,1H3,(H,13,14)(H,15,16)/p-2. The van der Waals surface area contributed by atoms with Crippen molar-refractivity contribution >= 4 is 11.9 Å². The van der Waals surface area contributed by atoms with Gasteiger partial charge in [0.15, 0.2) is 0 Å². The Morgan fingerprint density at radius 2 is 1.59 bits per heavy atom. The molecule has 0 aromatic heterocycles. The summed E-state index contributed by atoms with van der Waals surface area (Å²) in [6.07, 6.45) is -0.694. The molecule has 5 nitrogen and oxygen atoms in total. The van der Waals surface area contributed by atoms with E-state index in [4.69, 9.17) is 4.74 Å². The highest BCUT2D eigenvalue weighted by atomic mass is 16.5. The van der Waals surface area contributed by atoms with Crippen LogP contribution >= 0.6 is 0 Å². The van der Waals surface area contributed by atoms with Gasteiger partial charge in [-0.15, -0.1) is 0 Å². The van der Waals surface area contributed by atoms with Gasteiger partial charge in [-0.05, 0) is 36.5 Å². The number of benzene rings is 1. The molecule has 92 valence electrons. The second-order valence-electron chi connectivity index (χ2n) is 3.62. The van der Waals surface area contributed by atoms with Crippen molar-refractivity contribution in [2.75, 3.05) is 7.11 Å². The molecule has 0 aliphatic rings. The molecule has 0 aliphatic heterocycles. The van der Waals surface area contributed by atoms with Crippen LogP contribution in [0.4, 0.5) is 0 Å². The average Bonchev–Trinajstić information content (AvgIpc) is 2.27. The van der Waals surface area contributed by atoms with Crippen molar-refractivity contribution < 1.29 is 24.5 Å². The zero-order valence-corrected chi connectivity index (χ0v) is 9.34. The first-order chi connectivity index (χ1) is 8.02. The molecule has 0 heterocycles. The van der Waals surface area contributed by atoms with E-state index in [1.54, 1.807) is 24.3 Å². The van der Waals surface area contributed by atoms with Crippen LogP contribution < -0.4 is 14.9 Å². The third-order valence-electron chi connectivity index (χ3n) is 2.41. The van der Waals surface area contributed by atoms with E-state index in [1.807, 2.05) is 0 Å². The van der Waals surface area contributed by atoms with Gasteiger partial charge in [0.05, 0.1) is 7.11 Å². The fourth-order valence-corrected chi connectivity index (χ4v) is 1.59. The maximum Gasteiger partial charge on any atom is 0.118 e. The first-order valence-electron chi connectivity index (χ1n) is 5.06. The molecule has 0 radical (unpaired) electrons. The number of methoxy groups -OCH3 is 1. The van der Waals surface area contributed by atoms with E-state index >= 15 is 0 Å². The zero-order chi connectivity index (χ0) is 12.8. The van der Waals surface area contributed by atoms with Crippen LogP contribution in [0.2, 0.25) is 0 Å². The minimum atomic E-state index is -1.29. The molecule has 0 saturated heterocycles. The zero-order valence-electron chi connectivity index (χ0n) is 9.34. The van der Waals surface area contributed by atoms with Crippen LogP contribution in [0.15, 0.2) is 24.3 Å². The normalized spacial score (nSPS) is 10.2. The Balaban J connectivity index is 2.86. The van der Waals surface area contributed by atoms with Gasteiger partial charge in [-0.25, -0.2) is 0 Å². The van der Waals surface area contributed by atoms with E-state index in [0.717, 1.165) is 0 Å². The topological polar surface area (TPSA) is 89.5 Å². The molecule has 0 amide bonds. The van der Waals surface area contributed by atoms with E-state index in [1.165, 1.54) is 7.11 Å². The van der Waals surface area contributed by atoms with Crippen molar-refractivity contribution in [3.63, 3.8) is 0 Å². The van der Waals surface area contributed by atoms with Gasteiger partial charge in [-0.1, -0.05) is 12.1 Å². The molecular formula is C12H12O5-2. The first-order valence-corrected chi connectivity index (χ1v) is 5.06. The SMILES string of the molecule is COc1ccc(C(CC(=O)[O-])CC(=O)[O-])cc1. The molecule has 0 aliphatic carbocycles. The van der Waals surface area contributed by atoms with Gasteiger partial charge in [-0.2, -0.15) is 0 Å². The van der Waals surface area contributed by atoms with Gasteiger partial charge in [0.2, 0.25) is 0 Å². The number of hydrogen-bond donors (Lipinski definition) is 0. The second kappa shape index (κ2) is 5.89. The number of carbonyl (C=O) groups excluding carboxylic acids is 2. The summed E-state index contributed by atoms with van der Waals surface area (Å²) in [6.45, 7) is 0. The molecule has 0 spiro atoms. The van der Waals surface area contributed by atoms with Gasteiger partial charge in [0.25, 0.3) is 0 Å². The summed E-state index contributed by atoms with van der Waals surface area (Å²) in [5.41, 5.74) is 0.610. The summed E-state index contributed by atoms with van der Waals surface area (Å²) < 4.78 is 4.95. The van der Waals surface area contributed by atoms with E-state index in [9.17, 15) is 19.8 Å². The molecule has 0 atom stereocenters. The average molecular weight is 236 g/mol. The molecule has 0 N–H and O–H groups in total. The maximum absolute atomic E-state index is 10.5. The van der Waals surface area contributed by atoms with Gasteiger partial charge in [0.1, 0.15) is 5.75 Å². The quantitative estimate of drug-likeness (QED) is 0.635. The van der Waals surface area contributed by atoms with Crippen LogP contribution in [-0.4, -0.2) is 19.0 Å². The van der Waals surface area contributed by atoms with Crippen molar-refractivity contribution in [3.05, 3.63) is 29.8 Å². The summed E-state index contributed by atoms with van der Waals surface area (Å²) in [4.78, 5) is 21.1. The third-order valence-corrected chi connectivity index (χ3v) is 2.41. The Labute approximate surface area is 98.6 Å². The summed E-state index contributed by atoms with van der Waals surface area (Å²) in [5.74, 6) is -2.59. The van der Waals surface area contributed by atoms with E-state index in [-0.39, 0.29) is 12.8 Å². The van der Waals surface area contributed by atoms with Crippen molar-refractivity contribution in [2.24, 2.45) is 0 Å². The number of hydrogen-bond acceptors (Lipinski definition) is 5. The number of ether oxygens (including phenoxy) is 1. The fraction of sp³-hybridized carbons (Fsp3) is 0.333. The van der Waals surface area contributed by atoms with Crippen molar-refractivity contribution in [3.8, 4) is 5.75 Å². The van der Waals surface area contributed by atoms with Crippen LogP contribution in [0.1, 0.15) is 24.3 Å². The molecule has 1 aromatic carbocycles. The molecule has 0 bridgehead atoms. The lowest BCUT2D eigenvalue weighted by Gasteiger charge is -2.18. The predicted molar refractivity (Wildman–Crippen MR) is 55.0 cm³/mol. The van der Waals surface area contributed by atoms with Gasteiger partial charge in [0, 0.05) is 11.9 Å². The van der Waals surface area contributed by atoms with Gasteiger partial charge >= 0.3 is 0 Å². The molecule has 1 rings (SSSR count). The minimum Gasteiger partial charge on any atom is -0.550 e. The Morgan fingerprint density at radius 1 is 1.12 bits per heavy atom. The van der Waals surface area contributed by atoms with Crippen LogP contribution in [-0.2, 0) is 9.59 Å². The number of carboxylic acid groups (broad SMARTS) is 2. The highest BCUT2D eigenvalue weighted by Gasteiger charge is 2.12. The summed E-state index contributed by atoms with van der Waals surface area (Å²) >= 11 is 0. The first kappa shape index (κ1) is 13.0. The largest absolute Gasteiger partial charge is 0.550 e. The van der Waals surface area contributed by atoms with Crippen LogP contribution in [0, 0.1) is 0 Å². The summed E-state index contributed by atoms with van der Waals surface area (Å²) in [7, 11) is 1.51. The molecule has 17 heavy (non-hydrogen) atoms. The Kier molecular flexibility index (Phi) is 4.51. The summed E-state index contributed by atoms with van der Waals surface area (Å²) in [6, 6.07) is 6.56. The Bertz CT molecular complexity index is 380. The van der Waals surface area contributed by atoms with Crippen molar-refractivity contribution in [1.82, 2.24) is 0 Å². The maximum atomic E-state index is 10.5. The molecule has 0 fully saturated rings. The minimum absolute atomic E-state index is 0.347. The van der Waals surface area contributed by atoms with E-state index in [0.29, 0.717) is 11.3 Å². The van der Waals surface area contributed by atoms with E-state index < -0.39 is 17.9 Å². The van der Waals surface area contributed by atoms with Crippen LogP contribution in [0.3, 0.4) is 0 Å². The van der Waals surface area contributed by atoms with Crippen LogP contribution in [0.25, 0.3) is 0 Å². The monoisotopic (exact) mass is 236 g/mol. The fourth-order valence-electron chi connectivity index (χ4n) is 1.59. The van der Waals surface area contributed by atoms with E-state index in [2.05, 4.69) is 0 Å². The van der Waals surface area contributed by atoms with Crippen molar-refractivity contribution in [2.45, 2.75) is 18.8 Å². The number of carbonyl (C=O) groups is 2. The predicted octanol–water partition coefficient (Wildman–Crippen LogP) is -0.941. The second-order valence-corrected chi connectivity index (χ2v) is 3.62. The third kappa shape index (κ3) is 4.14. The number of aliphatic carboxylic acids is 2. The van der Waals surface area contributed by atoms with Crippen molar-refractivity contribution in [1.29, 1.82) is 0 Å². The highest BCUT2D eigenvalue weighted by molar-refractivity contribution is 5.70. The lowest BCUT2D eigenvalue weighted by molar-refractivity contribution is -0.308. The molecular weight excluding hydrogens is 224 g/mol. The highest BCUT2D eigenvalue weighted by Crippen LogP contribution is 2.24. The number of carboxylic acids is 2.